The number of rotatable bonds is 0. The third-order valence-corrected chi connectivity index (χ3v) is 2.45. The Balaban J connectivity index is 2.80. The second-order valence-electron chi connectivity index (χ2n) is 2.99. The standard InChI is InChI=1S/C11H9Br/c1-8-2-3-9-4-5-11(12)7-10(9)6-8/h2-7H,1H3. The molecule has 0 nitrogen and oxygen atoms in total. The molecule has 0 unspecified atom stereocenters. The van der Waals surface area contributed by atoms with Gasteiger partial charge in [0.1, 0.15) is 0 Å². The zero-order valence-corrected chi connectivity index (χ0v) is 8.43. The van der Waals surface area contributed by atoms with E-state index < -0.39 is 0 Å². The van der Waals surface area contributed by atoms with Crippen LogP contribution in [0, 0.1) is 6.92 Å². The third-order valence-electron chi connectivity index (χ3n) is 1.96. The van der Waals surface area contributed by atoms with Gasteiger partial charge < -0.3 is 0 Å². The summed E-state index contributed by atoms with van der Waals surface area (Å²) in [5, 5.41) is 2.59. The Hall–Kier alpha value is -0.820. The first-order valence-electron chi connectivity index (χ1n) is 3.92. The van der Waals surface area contributed by atoms with Crippen molar-refractivity contribution in [2.24, 2.45) is 0 Å². The van der Waals surface area contributed by atoms with Gasteiger partial charge in [0, 0.05) is 4.47 Å². The van der Waals surface area contributed by atoms with Crippen molar-refractivity contribution in [2.75, 3.05) is 0 Å². The van der Waals surface area contributed by atoms with Gasteiger partial charge in [-0.2, -0.15) is 0 Å². The fourth-order valence-corrected chi connectivity index (χ4v) is 1.72. The van der Waals surface area contributed by atoms with Gasteiger partial charge in [-0.15, -0.1) is 0 Å². The van der Waals surface area contributed by atoms with Gasteiger partial charge in [-0.1, -0.05) is 45.8 Å². The van der Waals surface area contributed by atoms with E-state index in [1.54, 1.807) is 0 Å². The number of hydrogen-bond donors (Lipinski definition) is 0. The van der Waals surface area contributed by atoms with E-state index >= 15 is 0 Å². The second-order valence-corrected chi connectivity index (χ2v) is 3.91. The highest BCUT2D eigenvalue weighted by molar-refractivity contribution is 9.10. The molecule has 0 amide bonds. The molecule has 1 heteroatoms. The normalized spacial score (nSPS) is 10.5. The minimum Gasteiger partial charge on any atom is -0.0587 e. The lowest BCUT2D eigenvalue weighted by atomic mass is 10.1. The van der Waals surface area contributed by atoms with Crippen molar-refractivity contribution in [3.8, 4) is 0 Å². The molecule has 0 aliphatic heterocycles. The van der Waals surface area contributed by atoms with Gasteiger partial charge >= 0.3 is 0 Å². The van der Waals surface area contributed by atoms with Gasteiger partial charge in [0.15, 0.2) is 0 Å². The SMILES string of the molecule is Cc1ccc2ccc(Br)cc2c1. The van der Waals surface area contributed by atoms with Gasteiger partial charge in [-0.3, -0.25) is 0 Å². The van der Waals surface area contributed by atoms with Crippen molar-refractivity contribution in [3.05, 3.63) is 46.4 Å². The summed E-state index contributed by atoms with van der Waals surface area (Å²) >= 11 is 3.46. The van der Waals surface area contributed by atoms with Crippen LogP contribution in [-0.2, 0) is 0 Å². The summed E-state index contributed by atoms with van der Waals surface area (Å²) in [4.78, 5) is 0. The number of fused-ring (bicyclic) bond motifs is 1. The average Bonchev–Trinajstić information content (AvgIpc) is 2.03. The first kappa shape index (κ1) is 7.81. The predicted molar refractivity (Wildman–Crippen MR) is 56.4 cm³/mol. The van der Waals surface area contributed by atoms with Crippen LogP contribution in [0.3, 0.4) is 0 Å². The van der Waals surface area contributed by atoms with Gasteiger partial charge in [-0.25, -0.2) is 0 Å². The summed E-state index contributed by atoms with van der Waals surface area (Å²) in [5.74, 6) is 0. The fraction of sp³-hybridized carbons (Fsp3) is 0.0909. The Bertz CT molecular complexity index is 382. The average molecular weight is 221 g/mol. The highest BCUT2D eigenvalue weighted by atomic mass is 79.9. The summed E-state index contributed by atoms with van der Waals surface area (Å²) in [6.07, 6.45) is 0. The quantitative estimate of drug-likeness (QED) is 0.632. The number of halogens is 1. The van der Waals surface area contributed by atoms with Crippen LogP contribution in [0.4, 0.5) is 0 Å². The molecule has 60 valence electrons. The molecule has 2 rings (SSSR count). The fourth-order valence-electron chi connectivity index (χ4n) is 1.34. The molecule has 0 aromatic heterocycles. The molecule has 12 heavy (non-hydrogen) atoms. The highest BCUT2D eigenvalue weighted by Crippen LogP contribution is 2.20. The lowest BCUT2D eigenvalue weighted by Crippen LogP contribution is -1.74. The van der Waals surface area contributed by atoms with Crippen LogP contribution in [0.1, 0.15) is 5.56 Å². The van der Waals surface area contributed by atoms with Crippen LogP contribution >= 0.6 is 15.9 Å². The zero-order valence-electron chi connectivity index (χ0n) is 6.84. The van der Waals surface area contributed by atoms with E-state index in [-0.39, 0.29) is 0 Å². The van der Waals surface area contributed by atoms with Crippen molar-refractivity contribution < 1.29 is 0 Å². The van der Waals surface area contributed by atoms with Crippen molar-refractivity contribution in [1.29, 1.82) is 0 Å². The van der Waals surface area contributed by atoms with Crippen LogP contribution in [0.15, 0.2) is 40.9 Å². The van der Waals surface area contributed by atoms with Crippen LogP contribution in [-0.4, -0.2) is 0 Å². The molecule has 0 spiro atoms. The molecule has 0 atom stereocenters. The number of aryl methyl sites for hydroxylation is 1. The lowest BCUT2D eigenvalue weighted by molar-refractivity contribution is 1.50. The van der Waals surface area contributed by atoms with E-state index in [9.17, 15) is 0 Å². The summed E-state index contributed by atoms with van der Waals surface area (Å²) in [7, 11) is 0. The van der Waals surface area contributed by atoms with Gasteiger partial charge in [0.25, 0.3) is 0 Å². The maximum absolute atomic E-state index is 3.46. The van der Waals surface area contributed by atoms with Crippen molar-refractivity contribution in [1.82, 2.24) is 0 Å². The van der Waals surface area contributed by atoms with E-state index in [1.165, 1.54) is 16.3 Å². The monoisotopic (exact) mass is 220 g/mol. The lowest BCUT2D eigenvalue weighted by Gasteiger charge is -1.99. The molecule has 0 saturated heterocycles. The first-order valence-corrected chi connectivity index (χ1v) is 4.71. The molecule has 0 radical (unpaired) electrons. The van der Waals surface area contributed by atoms with E-state index in [2.05, 4.69) is 59.3 Å². The number of hydrogen-bond acceptors (Lipinski definition) is 0. The Morgan fingerprint density at radius 2 is 1.67 bits per heavy atom. The van der Waals surface area contributed by atoms with Crippen LogP contribution in [0.5, 0.6) is 0 Å². The minimum absolute atomic E-state index is 1.14. The Labute approximate surface area is 80.3 Å². The third kappa shape index (κ3) is 1.37. The highest BCUT2D eigenvalue weighted by Gasteiger charge is 1.93. The van der Waals surface area contributed by atoms with E-state index in [0.717, 1.165) is 4.47 Å². The molecule has 2 aromatic rings. The maximum atomic E-state index is 3.46. The smallest absolute Gasteiger partial charge is 0.0181 e. The van der Waals surface area contributed by atoms with Crippen molar-refractivity contribution >= 4 is 26.7 Å². The molecule has 0 saturated carbocycles. The summed E-state index contributed by atoms with van der Waals surface area (Å²) in [6.45, 7) is 2.11. The topological polar surface area (TPSA) is 0 Å². The molecule has 0 fully saturated rings. The number of benzene rings is 2. The zero-order chi connectivity index (χ0) is 8.55. The molecule has 0 aliphatic carbocycles. The first-order chi connectivity index (χ1) is 5.75. The Morgan fingerprint density at radius 1 is 0.917 bits per heavy atom. The van der Waals surface area contributed by atoms with Crippen molar-refractivity contribution in [3.63, 3.8) is 0 Å². The predicted octanol–water partition coefficient (Wildman–Crippen LogP) is 3.91. The van der Waals surface area contributed by atoms with E-state index in [0.29, 0.717) is 0 Å². The molecule has 0 N–H and O–H groups in total. The molecule has 0 aliphatic rings. The second kappa shape index (κ2) is 2.91. The largest absolute Gasteiger partial charge is 0.0587 e. The van der Waals surface area contributed by atoms with Gasteiger partial charge in [0.2, 0.25) is 0 Å². The van der Waals surface area contributed by atoms with E-state index in [1.807, 2.05) is 0 Å². The molecule has 0 bridgehead atoms. The molecule has 0 heterocycles. The van der Waals surface area contributed by atoms with Gasteiger partial charge in [-0.05, 0) is 29.8 Å². The summed E-state index contributed by atoms with van der Waals surface area (Å²) < 4.78 is 1.14. The maximum Gasteiger partial charge on any atom is 0.0181 e. The molecule has 2 aromatic carbocycles. The van der Waals surface area contributed by atoms with Crippen LogP contribution < -0.4 is 0 Å². The summed E-state index contributed by atoms with van der Waals surface area (Å²) in [6, 6.07) is 12.8. The van der Waals surface area contributed by atoms with Gasteiger partial charge in [0.05, 0.1) is 0 Å². The van der Waals surface area contributed by atoms with Crippen LogP contribution in [0.25, 0.3) is 10.8 Å². The minimum atomic E-state index is 1.14. The van der Waals surface area contributed by atoms with Crippen molar-refractivity contribution in [2.45, 2.75) is 6.92 Å². The van der Waals surface area contributed by atoms with E-state index in [4.69, 9.17) is 0 Å². The molecular weight excluding hydrogens is 212 g/mol. The Kier molecular flexibility index (Phi) is 1.89. The molecular formula is C11H9Br. The Morgan fingerprint density at radius 3 is 2.50 bits per heavy atom. The summed E-state index contributed by atoms with van der Waals surface area (Å²) in [5.41, 5.74) is 1.31. The van der Waals surface area contributed by atoms with Crippen LogP contribution in [0.2, 0.25) is 0 Å².